The van der Waals surface area contributed by atoms with E-state index in [1.165, 1.54) is 18.0 Å². The lowest BCUT2D eigenvalue weighted by atomic mass is 10.5. The van der Waals surface area contributed by atoms with Gasteiger partial charge in [-0.25, -0.2) is 4.79 Å². The largest absolute Gasteiger partial charge is 0.475 e. The molecule has 0 bridgehead atoms. The van der Waals surface area contributed by atoms with Crippen LogP contribution in [0, 0.1) is 0 Å². The van der Waals surface area contributed by atoms with Crippen LogP contribution in [0.4, 0.5) is 0 Å². The average molecular weight is 158 g/mol. The second kappa shape index (κ2) is 2.79. The minimum Gasteiger partial charge on any atom is -0.475 e. The van der Waals surface area contributed by atoms with E-state index in [4.69, 9.17) is 9.52 Å². The van der Waals surface area contributed by atoms with E-state index in [2.05, 4.69) is 0 Å². The molecule has 0 saturated carbocycles. The summed E-state index contributed by atoms with van der Waals surface area (Å²) in [5.41, 5.74) is 0. The van der Waals surface area contributed by atoms with Crippen molar-refractivity contribution in [3.8, 4) is 0 Å². The molecule has 0 radical (unpaired) electrons. The number of thioether (sulfide) groups is 1. The molecule has 0 unspecified atom stereocenters. The predicted molar refractivity (Wildman–Crippen MR) is 37.4 cm³/mol. The van der Waals surface area contributed by atoms with Crippen LogP contribution in [0.1, 0.15) is 10.6 Å². The zero-order valence-electron chi connectivity index (χ0n) is 5.33. The Kier molecular flexibility index (Phi) is 2.01. The van der Waals surface area contributed by atoms with Crippen molar-refractivity contribution in [2.45, 2.75) is 4.90 Å². The topological polar surface area (TPSA) is 50.4 Å². The number of hydrogen-bond acceptors (Lipinski definition) is 3. The highest BCUT2D eigenvalue weighted by Gasteiger charge is 2.11. The first-order valence-corrected chi connectivity index (χ1v) is 3.83. The van der Waals surface area contributed by atoms with E-state index in [1.54, 1.807) is 12.3 Å². The van der Waals surface area contributed by atoms with Crippen LogP contribution in [0.15, 0.2) is 21.6 Å². The van der Waals surface area contributed by atoms with Crippen molar-refractivity contribution in [3.05, 3.63) is 18.1 Å². The Hall–Kier alpha value is -0.900. The summed E-state index contributed by atoms with van der Waals surface area (Å²) in [6, 6.07) is 1.63. The molecule has 54 valence electrons. The number of carboxylic acids is 1. The second-order valence-corrected chi connectivity index (χ2v) is 2.47. The Labute approximate surface area is 62.0 Å². The van der Waals surface area contributed by atoms with E-state index in [0.717, 1.165) is 0 Å². The van der Waals surface area contributed by atoms with Crippen molar-refractivity contribution in [2.24, 2.45) is 0 Å². The molecule has 1 rings (SSSR count). The Balaban J connectivity index is 3.01. The third kappa shape index (κ3) is 1.16. The quantitative estimate of drug-likeness (QED) is 0.665. The number of hydrogen-bond donors (Lipinski definition) is 1. The number of carbonyl (C=O) groups is 1. The van der Waals surface area contributed by atoms with Crippen LogP contribution in [0.25, 0.3) is 0 Å². The molecular weight excluding hydrogens is 152 g/mol. The SMILES string of the molecule is CSc1ccoc1C(=O)O. The standard InChI is InChI=1S/C6H6O3S/c1-10-4-2-3-9-5(4)6(7)8/h2-3H,1H3,(H,7,8). The van der Waals surface area contributed by atoms with Crippen LogP contribution in [0.2, 0.25) is 0 Å². The first kappa shape index (κ1) is 7.21. The van der Waals surface area contributed by atoms with Gasteiger partial charge >= 0.3 is 5.97 Å². The number of aromatic carboxylic acids is 1. The summed E-state index contributed by atoms with van der Waals surface area (Å²) >= 11 is 1.36. The van der Waals surface area contributed by atoms with E-state index in [1.807, 2.05) is 0 Å². The first-order valence-electron chi connectivity index (χ1n) is 2.60. The molecular formula is C6H6O3S. The molecule has 0 atom stereocenters. The fourth-order valence-electron chi connectivity index (χ4n) is 0.614. The van der Waals surface area contributed by atoms with Gasteiger partial charge in [0.1, 0.15) is 0 Å². The van der Waals surface area contributed by atoms with E-state index >= 15 is 0 Å². The molecule has 0 amide bonds. The van der Waals surface area contributed by atoms with E-state index in [0.29, 0.717) is 4.90 Å². The molecule has 0 saturated heterocycles. The van der Waals surface area contributed by atoms with E-state index < -0.39 is 5.97 Å². The summed E-state index contributed by atoms with van der Waals surface area (Å²) in [5, 5.41) is 8.48. The Morgan fingerprint density at radius 1 is 1.80 bits per heavy atom. The summed E-state index contributed by atoms with van der Waals surface area (Å²) < 4.78 is 4.70. The van der Waals surface area contributed by atoms with Crippen LogP contribution in [-0.4, -0.2) is 17.3 Å². The predicted octanol–water partition coefficient (Wildman–Crippen LogP) is 1.70. The average Bonchev–Trinajstić information content (AvgIpc) is 2.33. The summed E-state index contributed by atoms with van der Waals surface area (Å²) in [6.45, 7) is 0. The first-order chi connectivity index (χ1) is 4.75. The molecule has 1 aromatic rings. The molecule has 0 spiro atoms. The molecule has 4 heteroatoms. The van der Waals surface area contributed by atoms with Gasteiger partial charge in [0.05, 0.1) is 11.2 Å². The van der Waals surface area contributed by atoms with Crippen molar-refractivity contribution in [3.63, 3.8) is 0 Å². The fraction of sp³-hybridized carbons (Fsp3) is 0.167. The fourth-order valence-corrected chi connectivity index (χ4v) is 1.13. The van der Waals surface area contributed by atoms with Crippen molar-refractivity contribution < 1.29 is 14.3 Å². The summed E-state index contributed by atoms with van der Waals surface area (Å²) in [5.74, 6) is -0.998. The second-order valence-electron chi connectivity index (χ2n) is 1.62. The van der Waals surface area contributed by atoms with E-state index in [-0.39, 0.29) is 5.76 Å². The maximum atomic E-state index is 10.3. The summed E-state index contributed by atoms with van der Waals surface area (Å²) in [7, 11) is 0. The lowest BCUT2D eigenvalue weighted by Crippen LogP contribution is -1.94. The van der Waals surface area contributed by atoms with Crippen molar-refractivity contribution in [1.29, 1.82) is 0 Å². The highest BCUT2D eigenvalue weighted by Crippen LogP contribution is 2.20. The minimum absolute atomic E-state index is 0.0208. The molecule has 1 aromatic heterocycles. The number of furan rings is 1. The van der Waals surface area contributed by atoms with Gasteiger partial charge in [0.15, 0.2) is 0 Å². The molecule has 3 nitrogen and oxygen atoms in total. The Bertz CT molecular complexity index is 241. The zero-order chi connectivity index (χ0) is 7.56. The Morgan fingerprint density at radius 3 is 2.90 bits per heavy atom. The lowest BCUT2D eigenvalue weighted by Gasteiger charge is -1.89. The highest BCUT2D eigenvalue weighted by molar-refractivity contribution is 7.98. The van der Waals surface area contributed by atoms with Gasteiger partial charge < -0.3 is 9.52 Å². The maximum absolute atomic E-state index is 10.3. The van der Waals surface area contributed by atoms with Gasteiger partial charge in [-0.1, -0.05) is 0 Å². The molecule has 0 aliphatic carbocycles. The highest BCUT2D eigenvalue weighted by atomic mass is 32.2. The van der Waals surface area contributed by atoms with Gasteiger partial charge in [-0.2, -0.15) is 0 Å². The van der Waals surface area contributed by atoms with Crippen LogP contribution in [-0.2, 0) is 0 Å². The van der Waals surface area contributed by atoms with Crippen LogP contribution in [0.3, 0.4) is 0 Å². The van der Waals surface area contributed by atoms with Crippen molar-refractivity contribution in [1.82, 2.24) is 0 Å². The van der Waals surface area contributed by atoms with Crippen LogP contribution in [0.5, 0.6) is 0 Å². The third-order valence-corrected chi connectivity index (χ3v) is 1.80. The van der Waals surface area contributed by atoms with Gasteiger partial charge in [-0.15, -0.1) is 11.8 Å². The molecule has 1 N–H and O–H groups in total. The minimum atomic E-state index is -1.02. The lowest BCUT2D eigenvalue weighted by molar-refractivity contribution is 0.0657. The molecule has 0 aromatic carbocycles. The third-order valence-electron chi connectivity index (χ3n) is 1.04. The van der Waals surface area contributed by atoms with Gasteiger partial charge in [0, 0.05) is 0 Å². The van der Waals surface area contributed by atoms with Gasteiger partial charge in [0.25, 0.3) is 0 Å². The molecule has 10 heavy (non-hydrogen) atoms. The molecule has 0 aliphatic heterocycles. The maximum Gasteiger partial charge on any atom is 0.372 e. The monoisotopic (exact) mass is 158 g/mol. The van der Waals surface area contributed by atoms with Gasteiger partial charge in [-0.05, 0) is 12.3 Å². The van der Waals surface area contributed by atoms with E-state index in [9.17, 15) is 4.79 Å². The van der Waals surface area contributed by atoms with Gasteiger partial charge in [0.2, 0.25) is 5.76 Å². The van der Waals surface area contributed by atoms with Crippen LogP contribution >= 0.6 is 11.8 Å². The number of rotatable bonds is 2. The van der Waals surface area contributed by atoms with Gasteiger partial charge in [-0.3, -0.25) is 0 Å². The zero-order valence-corrected chi connectivity index (χ0v) is 6.14. The van der Waals surface area contributed by atoms with Crippen molar-refractivity contribution >= 4 is 17.7 Å². The number of carboxylic acid groups (broad SMARTS) is 1. The summed E-state index contributed by atoms with van der Waals surface area (Å²) in [6.07, 6.45) is 3.17. The summed E-state index contributed by atoms with van der Waals surface area (Å²) in [4.78, 5) is 11.0. The van der Waals surface area contributed by atoms with Crippen LogP contribution < -0.4 is 0 Å². The Morgan fingerprint density at radius 2 is 2.50 bits per heavy atom. The smallest absolute Gasteiger partial charge is 0.372 e. The normalized spacial score (nSPS) is 9.70. The molecule has 1 heterocycles. The van der Waals surface area contributed by atoms with Crippen molar-refractivity contribution in [2.75, 3.05) is 6.26 Å². The molecule has 0 fully saturated rings. The molecule has 0 aliphatic rings.